The summed E-state index contributed by atoms with van der Waals surface area (Å²) in [4.78, 5) is 0. The van der Waals surface area contributed by atoms with E-state index in [0.717, 1.165) is 11.1 Å². The van der Waals surface area contributed by atoms with E-state index < -0.39 is 0 Å². The Morgan fingerprint density at radius 3 is 2.21 bits per heavy atom. The predicted molar refractivity (Wildman–Crippen MR) is 60.9 cm³/mol. The van der Waals surface area contributed by atoms with Crippen LogP contribution < -0.4 is 0 Å². The summed E-state index contributed by atoms with van der Waals surface area (Å²) in [5.41, 5.74) is 2.12. The first-order valence-electron chi connectivity index (χ1n) is 5.06. The molecule has 0 spiro atoms. The van der Waals surface area contributed by atoms with Crippen LogP contribution in [0.25, 0.3) is 5.57 Å². The van der Waals surface area contributed by atoms with Gasteiger partial charge in [0.25, 0.3) is 0 Å². The number of hydrogen-bond donors (Lipinski definition) is 1. The maximum Gasteiger partial charge on any atom is 0.0815 e. The van der Waals surface area contributed by atoms with Crippen molar-refractivity contribution in [2.75, 3.05) is 0 Å². The Morgan fingerprint density at radius 1 is 1.21 bits per heavy atom. The first kappa shape index (κ1) is 11.0. The van der Waals surface area contributed by atoms with Crippen molar-refractivity contribution >= 4 is 5.57 Å². The fourth-order valence-corrected chi connectivity index (χ4v) is 1.50. The molecule has 0 fully saturated rings. The molecule has 0 saturated carbocycles. The lowest BCUT2D eigenvalue weighted by Crippen LogP contribution is -2.16. The molecule has 0 aliphatic rings. The zero-order valence-corrected chi connectivity index (χ0v) is 9.07. The molecule has 1 nitrogen and oxygen atoms in total. The summed E-state index contributed by atoms with van der Waals surface area (Å²) in [6.07, 6.45) is 1.61. The largest absolute Gasteiger partial charge is 0.388 e. The van der Waals surface area contributed by atoms with Crippen molar-refractivity contribution in [1.82, 2.24) is 0 Å². The Labute approximate surface area is 86.1 Å². The van der Waals surface area contributed by atoms with Crippen LogP contribution >= 0.6 is 0 Å². The van der Waals surface area contributed by atoms with Crippen LogP contribution in [0.4, 0.5) is 0 Å². The molecule has 0 saturated heterocycles. The fourth-order valence-electron chi connectivity index (χ4n) is 1.50. The Kier molecular flexibility index (Phi) is 3.90. The highest BCUT2D eigenvalue weighted by Crippen LogP contribution is 2.22. The third-order valence-corrected chi connectivity index (χ3v) is 2.37. The van der Waals surface area contributed by atoms with Crippen LogP contribution in [0.5, 0.6) is 0 Å². The van der Waals surface area contributed by atoms with Crippen LogP contribution in [0, 0.1) is 5.92 Å². The molecule has 0 aliphatic carbocycles. The van der Waals surface area contributed by atoms with Crippen LogP contribution in [0.15, 0.2) is 36.4 Å². The number of hydrogen-bond acceptors (Lipinski definition) is 1. The van der Waals surface area contributed by atoms with Gasteiger partial charge >= 0.3 is 0 Å². The van der Waals surface area contributed by atoms with Crippen LogP contribution in [-0.2, 0) is 0 Å². The van der Waals surface area contributed by atoms with Crippen LogP contribution in [0.3, 0.4) is 0 Å². The third-order valence-electron chi connectivity index (χ3n) is 2.37. The average molecular weight is 190 g/mol. The second kappa shape index (κ2) is 4.97. The maximum absolute atomic E-state index is 9.97. The average Bonchev–Trinajstić information content (AvgIpc) is 2.20. The molecule has 0 heterocycles. The number of benzene rings is 1. The minimum absolute atomic E-state index is 0.251. The van der Waals surface area contributed by atoms with Crippen molar-refractivity contribution in [1.29, 1.82) is 0 Å². The molecule has 1 atom stereocenters. The molecule has 0 amide bonds. The lowest BCUT2D eigenvalue weighted by atomic mass is 9.93. The highest BCUT2D eigenvalue weighted by molar-refractivity contribution is 5.68. The van der Waals surface area contributed by atoms with Gasteiger partial charge in [0, 0.05) is 0 Å². The minimum Gasteiger partial charge on any atom is -0.388 e. The third kappa shape index (κ3) is 2.46. The molecule has 0 radical (unpaired) electrons. The van der Waals surface area contributed by atoms with Crippen molar-refractivity contribution in [3.05, 3.63) is 42.0 Å². The summed E-state index contributed by atoms with van der Waals surface area (Å²) in [7, 11) is 0. The second-order valence-corrected chi connectivity index (χ2v) is 3.80. The van der Waals surface area contributed by atoms with Crippen molar-refractivity contribution < 1.29 is 5.11 Å². The van der Waals surface area contributed by atoms with E-state index in [0.29, 0.717) is 0 Å². The van der Waals surface area contributed by atoms with Crippen molar-refractivity contribution in [3.8, 4) is 0 Å². The summed E-state index contributed by atoms with van der Waals surface area (Å²) >= 11 is 0. The summed E-state index contributed by atoms with van der Waals surface area (Å²) in [5, 5.41) is 9.97. The van der Waals surface area contributed by atoms with Crippen LogP contribution in [0.2, 0.25) is 0 Å². The molecule has 1 N–H and O–H groups in total. The van der Waals surface area contributed by atoms with Gasteiger partial charge in [-0.15, -0.1) is 0 Å². The molecule has 1 rings (SSSR count). The van der Waals surface area contributed by atoms with Crippen molar-refractivity contribution in [3.63, 3.8) is 0 Å². The zero-order valence-electron chi connectivity index (χ0n) is 9.07. The molecule has 0 bridgehead atoms. The van der Waals surface area contributed by atoms with Gasteiger partial charge in [0.15, 0.2) is 0 Å². The van der Waals surface area contributed by atoms with Crippen LogP contribution in [0.1, 0.15) is 26.3 Å². The molecular formula is C13H18O. The smallest absolute Gasteiger partial charge is 0.0815 e. The van der Waals surface area contributed by atoms with Gasteiger partial charge in [0.2, 0.25) is 0 Å². The van der Waals surface area contributed by atoms with E-state index in [1.54, 1.807) is 0 Å². The number of rotatable bonds is 3. The predicted octanol–water partition coefficient (Wildman–Crippen LogP) is 3.11. The van der Waals surface area contributed by atoms with Gasteiger partial charge in [0.05, 0.1) is 6.10 Å². The normalized spacial score (nSPS) is 14.5. The summed E-state index contributed by atoms with van der Waals surface area (Å²) in [6.45, 7) is 6.02. The van der Waals surface area contributed by atoms with Crippen molar-refractivity contribution in [2.24, 2.45) is 5.92 Å². The summed E-state index contributed by atoms with van der Waals surface area (Å²) in [6, 6.07) is 10.0. The zero-order chi connectivity index (χ0) is 10.6. The standard InChI is InChI=1S/C13H18O/c1-4-12(13(14)10(2)3)11-8-6-5-7-9-11/h4-10,13-14H,1-3H3/b12-4+. The van der Waals surface area contributed by atoms with Gasteiger partial charge in [-0.05, 0) is 24.0 Å². The lowest BCUT2D eigenvalue weighted by Gasteiger charge is -2.18. The highest BCUT2D eigenvalue weighted by atomic mass is 16.3. The van der Waals surface area contributed by atoms with Gasteiger partial charge in [0.1, 0.15) is 0 Å². The molecule has 0 aromatic heterocycles. The van der Waals surface area contributed by atoms with E-state index in [4.69, 9.17) is 0 Å². The summed E-state index contributed by atoms with van der Waals surface area (Å²) in [5.74, 6) is 0.251. The molecule has 1 aromatic rings. The first-order valence-corrected chi connectivity index (χ1v) is 5.06. The quantitative estimate of drug-likeness (QED) is 0.776. The summed E-state index contributed by atoms with van der Waals surface area (Å²) < 4.78 is 0. The monoisotopic (exact) mass is 190 g/mol. The highest BCUT2D eigenvalue weighted by Gasteiger charge is 2.15. The van der Waals surface area contributed by atoms with E-state index >= 15 is 0 Å². The molecule has 14 heavy (non-hydrogen) atoms. The first-order chi connectivity index (χ1) is 6.66. The fraction of sp³-hybridized carbons (Fsp3) is 0.385. The molecule has 1 aromatic carbocycles. The molecule has 1 unspecified atom stereocenters. The maximum atomic E-state index is 9.97. The number of allylic oxidation sites excluding steroid dienone is 1. The van der Waals surface area contributed by atoms with Gasteiger partial charge < -0.3 is 5.11 Å². The van der Waals surface area contributed by atoms with Gasteiger partial charge in [-0.1, -0.05) is 50.3 Å². The van der Waals surface area contributed by atoms with E-state index in [-0.39, 0.29) is 12.0 Å². The SMILES string of the molecule is C/C=C(\c1ccccc1)C(O)C(C)C. The lowest BCUT2D eigenvalue weighted by molar-refractivity contribution is 0.181. The van der Waals surface area contributed by atoms with Crippen molar-refractivity contribution in [2.45, 2.75) is 26.9 Å². The molecular weight excluding hydrogens is 172 g/mol. The van der Waals surface area contributed by atoms with E-state index in [2.05, 4.69) is 0 Å². The Bertz CT molecular complexity index is 298. The number of aliphatic hydroxyl groups excluding tert-OH is 1. The molecule has 76 valence electrons. The second-order valence-electron chi connectivity index (χ2n) is 3.80. The van der Waals surface area contributed by atoms with E-state index in [9.17, 15) is 5.11 Å². The van der Waals surface area contributed by atoms with Gasteiger partial charge in [-0.25, -0.2) is 0 Å². The van der Waals surface area contributed by atoms with Gasteiger partial charge in [-0.3, -0.25) is 0 Å². The van der Waals surface area contributed by atoms with E-state index in [1.807, 2.05) is 57.2 Å². The Hall–Kier alpha value is -1.08. The van der Waals surface area contributed by atoms with E-state index in [1.165, 1.54) is 0 Å². The Morgan fingerprint density at radius 2 is 1.79 bits per heavy atom. The Balaban J connectivity index is 2.95. The van der Waals surface area contributed by atoms with Crippen LogP contribution in [-0.4, -0.2) is 11.2 Å². The molecule has 1 heteroatoms. The number of aliphatic hydroxyl groups is 1. The van der Waals surface area contributed by atoms with Gasteiger partial charge in [-0.2, -0.15) is 0 Å². The topological polar surface area (TPSA) is 20.2 Å². The minimum atomic E-state index is -0.373. The molecule has 0 aliphatic heterocycles.